The Bertz CT molecular complexity index is 423. The van der Waals surface area contributed by atoms with E-state index in [0.717, 1.165) is 11.9 Å². The molecule has 82 valence electrons. The minimum Gasteiger partial charge on any atom is -0.423 e. The van der Waals surface area contributed by atoms with Gasteiger partial charge in [-0.25, -0.2) is 0 Å². The number of rotatable bonds is 1. The monoisotopic (exact) mass is 232 g/mol. The van der Waals surface area contributed by atoms with E-state index in [4.69, 9.17) is 0 Å². The van der Waals surface area contributed by atoms with E-state index >= 15 is 0 Å². The fraction of sp³-hybridized carbons (Fsp3) is 0.333. The van der Waals surface area contributed by atoms with Crippen molar-refractivity contribution in [2.24, 2.45) is 11.8 Å². The normalized spacial score (nSPS) is 35.2. The zero-order chi connectivity index (χ0) is 11.1. The van der Waals surface area contributed by atoms with Gasteiger partial charge in [-0.05, 0) is 16.8 Å². The second-order valence-electron chi connectivity index (χ2n) is 4.38. The summed E-state index contributed by atoms with van der Waals surface area (Å²) in [6, 6.07) is 0. The molecule has 0 radical (unpaired) electrons. The van der Waals surface area contributed by atoms with E-state index in [1.54, 1.807) is 11.8 Å². The SMILES string of the molecule is OB(O)C1=CC=CC2C3CC=CC=C3SC12. The van der Waals surface area contributed by atoms with Gasteiger partial charge in [0, 0.05) is 17.1 Å². The van der Waals surface area contributed by atoms with E-state index < -0.39 is 7.12 Å². The van der Waals surface area contributed by atoms with Crippen LogP contribution >= 0.6 is 11.8 Å². The number of hydrogen-bond acceptors (Lipinski definition) is 3. The highest BCUT2D eigenvalue weighted by molar-refractivity contribution is 8.04. The van der Waals surface area contributed by atoms with Crippen LogP contribution in [0.5, 0.6) is 0 Å². The molecule has 3 aliphatic rings. The van der Waals surface area contributed by atoms with E-state index in [2.05, 4.69) is 24.3 Å². The van der Waals surface area contributed by atoms with Crippen LogP contribution in [0.2, 0.25) is 0 Å². The summed E-state index contributed by atoms with van der Waals surface area (Å²) in [6.07, 6.45) is 13.5. The zero-order valence-corrected chi connectivity index (χ0v) is 9.60. The van der Waals surface area contributed by atoms with E-state index in [-0.39, 0.29) is 5.25 Å². The lowest BCUT2D eigenvalue weighted by molar-refractivity contribution is 0.409. The molecule has 4 heteroatoms. The molecule has 16 heavy (non-hydrogen) atoms. The molecule has 2 nitrogen and oxygen atoms in total. The summed E-state index contributed by atoms with van der Waals surface area (Å²) in [6.45, 7) is 0. The van der Waals surface area contributed by atoms with Crippen LogP contribution in [0, 0.1) is 11.8 Å². The number of fused-ring (bicyclic) bond motifs is 3. The van der Waals surface area contributed by atoms with Gasteiger partial charge in [-0.2, -0.15) is 0 Å². The van der Waals surface area contributed by atoms with Gasteiger partial charge in [-0.3, -0.25) is 0 Å². The van der Waals surface area contributed by atoms with Gasteiger partial charge in [0.25, 0.3) is 0 Å². The molecule has 0 bridgehead atoms. The van der Waals surface area contributed by atoms with Crippen molar-refractivity contribution in [2.45, 2.75) is 11.7 Å². The molecule has 1 heterocycles. The average molecular weight is 232 g/mol. The highest BCUT2D eigenvalue weighted by atomic mass is 32.2. The molecule has 1 saturated heterocycles. The molecular formula is C12H13BO2S. The molecule has 0 spiro atoms. The van der Waals surface area contributed by atoms with Crippen molar-refractivity contribution in [3.8, 4) is 0 Å². The van der Waals surface area contributed by atoms with Crippen LogP contribution in [0.15, 0.2) is 46.8 Å². The molecular weight excluding hydrogens is 219 g/mol. The molecule has 2 N–H and O–H groups in total. The third-order valence-electron chi connectivity index (χ3n) is 3.48. The molecule has 0 amide bonds. The third-order valence-corrected chi connectivity index (χ3v) is 5.03. The maximum atomic E-state index is 9.36. The van der Waals surface area contributed by atoms with Crippen molar-refractivity contribution in [1.82, 2.24) is 0 Å². The predicted molar refractivity (Wildman–Crippen MR) is 67.6 cm³/mol. The van der Waals surface area contributed by atoms with Crippen molar-refractivity contribution < 1.29 is 10.0 Å². The second kappa shape index (κ2) is 3.95. The van der Waals surface area contributed by atoms with E-state index in [9.17, 15) is 10.0 Å². The fourth-order valence-electron chi connectivity index (χ4n) is 2.69. The molecule has 0 saturated carbocycles. The van der Waals surface area contributed by atoms with Crippen molar-refractivity contribution in [1.29, 1.82) is 0 Å². The summed E-state index contributed by atoms with van der Waals surface area (Å²) >= 11 is 1.79. The molecule has 2 aliphatic carbocycles. The van der Waals surface area contributed by atoms with Crippen LogP contribution in [0.25, 0.3) is 0 Å². The van der Waals surface area contributed by atoms with Crippen molar-refractivity contribution >= 4 is 18.9 Å². The molecule has 0 aromatic carbocycles. The summed E-state index contributed by atoms with van der Waals surface area (Å²) in [7, 11) is -1.32. The molecule has 1 fully saturated rings. The Morgan fingerprint density at radius 3 is 2.94 bits per heavy atom. The zero-order valence-electron chi connectivity index (χ0n) is 8.78. The summed E-state index contributed by atoms with van der Waals surface area (Å²) in [5.74, 6) is 0.960. The summed E-state index contributed by atoms with van der Waals surface area (Å²) in [5.41, 5.74) is 0.743. The van der Waals surface area contributed by atoms with Gasteiger partial charge in [-0.1, -0.05) is 36.5 Å². The molecule has 3 unspecified atom stereocenters. The summed E-state index contributed by atoms with van der Waals surface area (Å²) < 4.78 is 0. The van der Waals surface area contributed by atoms with Gasteiger partial charge in [-0.15, -0.1) is 11.8 Å². The van der Waals surface area contributed by atoms with Gasteiger partial charge < -0.3 is 10.0 Å². The van der Waals surface area contributed by atoms with E-state index in [0.29, 0.717) is 11.8 Å². The first-order chi connectivity index (χ1) is 7.77. The van der Waals surface area contributed by atoms with Crippen LogP contribution in [0.3, 0.4) is 0 Å². The predicted octanol–water partition coefficient (Wildman–Crippen LogP) is 1.69. The Morgan fingerprint density at radius 1 is 1.25 bits per heavy atom. The molecule has 1 aliphatic heterocycles. The average Bonchev–Trinajstić information content (AvgIpc) is 2.67. The third kappa shape index (κ3) is 1.53. The first-order valence-corrected chi connectivity index (χ1v) is 6.43. The van der Waals surface area contributed by atoms with E-state index in [1.165, 1.54) is 4.91 Å². The van der Waals surface area contributed by atoms with Gasteiger partial charge >= 0.3 is 7.12 Å². The lowest BCUT2D eigenvalue weighted by Crippen LogP contribution is -2.30. The Labute approximate surface area is 99.6 Å². The Kier molecular flexibility index (Phi) is 2.58. The first-order valence-electron chi connectivity index (χ1n) is 5.55. The summed E-state index contributed by atoms with van der Waals surface area (Å²) in [4.78, 5) is 1.38. The second-order valence-corrected chi connectivity index (χ2v) is 5.60. The van der Waals surface area contributed by atoms with Crippen LogP contribution in [-0.2, 0) is 0 Å². The van der Waals surface area contributed by atoms with Crippen molar-refractivity contribution in [3.05, 3.63) is 46.8 Å². The van der Waals surface area contributed by atoms with Crippen LogP contribution in [0.4, 0.5) is 0 Å². The van der Waals surface area contributed by atoms with E-state index in [1.807, 2.05) is 12.2 Å². The molecule has 0 aromatic heterocycles. The minimum absolute atomic E-state index is 0.209. The number of allylic oxidation sites excluding steroid dienone is 7. The smallest absolute Gasteiger partial charge is 0.423 e. The lowest BCUT2D eigenvalue weighted by atomic mass is 9.69. The van der Waals surface area contributed by atoms with Crippen molar-refractivity contribution in [3.63, 3.8) is 0 Å². The number of hydrogen-bond donors (Lipinski definition) is 2. The topological polar surface area (TPSA) is 40.5 Å². The van der Waals surface area contributed by atoms with Gasteiger partial charge in [0.15, 0.2) is 0 Å². The highest BCUT2D eigenvalue weighted by Crippen LogP contribution is 2.53. The Balaban J connectivity index is 1.94. The minimum atomic E-state index is -1.32. The first kappa shape index (κ1) is 10.4. The lowest BCUT2D eigenvalue weighted by Gasteiger charge is -2.24. The molecule has 3 atom stereocenters. The van der Waals surface area contributed by atoms with Crippen LogP contribution in [0.1, 0.15) is 6.42 Å². The van der Waals surface area contributed by atoms with Crippen LogP contribution < -0.4 is 0 Å². The Hall–Kier alpha value is -0.705. The Morgan fingerprint density at radius 2 is 2.12 bits per heavy atom. The fourth-order valence-corrected chi connectivity index (χ4v) is 4.34. The molecule has 3 rings (SSSR count). The van der Waals surface area contributed by atoms with Gasteiger partial charge in [0.2, 0.25) is 0 Å². The maximum Gasteiger partial charge on any atom is 0.485 e. The van der Waals surface area contributed by atoms with Gasteiger partial charge in [0.05, 0.1) is 0 Å². The quantitative estimate of drug-likeness (QED) is 0.676. The summed E-state index contributed by atoms with van der Waals surface area (Å²) in [5, 5.41) is 18.9. The highest BCUT2D eigenvalue weighted by Gasteiger charge is 2.43. The maximum absolute atomic E-state index is 9.36. The van der Waals surface area contributed by atoms with Gasteiger partial charge in [0.1, 0.15) is 0 Å². The van der Waals surface area contributed by atoms with Crippen molar-refractivity contribution in [2.75, 3.05) is 0 Å². The largest absolute Gasteiger partial charge is 0.485 e. The standard InChI is InChI=1S/C12H13BO2S/c14-13(15)10-6-3-5-9-8-4-1-2-7-11(8)16-12(9)10/h1-3,5-9,12,14-15H,4H2. The molecule has 0 aromatic rings. The number of thioether (sulfide) groups is 1. The van der Waals surface area contributed by atoms with Crippen LogP contribution in [-0.4, -0.2) is 22.4 Å².